The van der Waals surface area contributed by atoms with Crippen LogP contribution in [0.3, 0.4) is 0 Å². The molecule has 0 aliphatic carbocycles. The number of urea groups is 1. The molecule has 5 N–H and O–H groups in total. The third-order valence-corrected chi connectivity index (χ3v) is 5.96. The molecule has 10 heteroatoms. The minimum absolute atomic E-state index is 0.00263. The van der Waals surface area contributed by atoms with Crippen LogP contribution in [0, 0.1) is 11.6 Å². The molecular weight excluding hydrogens is 454 g/mol. The first-order valence-electron chi connectivity index (χ1n) is 11.0. The number of carbonyl (C=O) groups excluding carboxylic acids is 2. The molecule has 186 valence electrons. The zero-order valence-corrected chi connectivity index (χ0v) is 20.2. The van der Waals surface area contributed by atoms with Crippen LogP contribution in [-0.2, 0) is 0 Å². The number of nitrogens with two attached hydrogens (primary N) is 2. The van der Waals surface area contributed by atoms with Crippen molar-refractivity contribution in [3.8, 4) is 0 Å². The minimum Gasteiger partial charge on any atom is -0.400 e. The molecule has 0 bridgehead atoms. The van der Waals surface area contributed by atoms with E-state index in [9.17, 15) is 18.4 Å². The van der Waals surface area contributed by atoms with Crippen LogP contribution < -0.4 is 16.8 Å². The van der Waals surface area contributed by atoms with Gasteiger partial charge in [0.2, 0.25) is 0 Å². The Bertz CT molecular complexity index is 1180. The van der Waals surface area contributed by atoms with Gasteiger partial charge in [0.1, 0.15) is 17.5 Å². The van der Waals surface area contributed by atoms with Crippen LogP contribution >= 0.6 is 0 Å². The van der Waals surface area contributed by atoms with Crippen LogP contribution in [0.4, 0.5) is 13.6 Å². The summed E-state index contributed by atoms with van der Waals surface area (Å²) in [4.78, 5) is 33.0. The fourth-order valence-electron chi connectivity index (χ4n) is 3.91. The predicted octanol–water partition coefficient (Wildman–Crippen LogP) is 2.78. The fourth-order valence-corrected chi connectivity index (χ4v) is 3.91. The van der Waals surface area contributed by atoms with Gasteiger partial charge in [-0.3, -0.25) is 4.79 Å². The summed E-state index contributed by atoms with van der Waals surface area (Å²) in [6, 6.07) is 11.5. The zero-order valence-electron chi connectivity index (χ0n) is 20.2. The third kappa shape index (κ3) is 5.65. The van der Waals surface area contributed by atoms with Gasteiger partial charge in [0, 0.05) is 23.9 Å². The highest BCUT2D eigenvalue weighted by Crippen LogP contribution is 2.32. The summed E-state index contributed by atoms with van der Waals surface area (Å²) in [5.41, 5.74) is 12.5. The maximum atomic E-state index is 14.0. The first kappa shape index (κ1) is 25.8. The lowest BCUT2D eigenvalue weighted by atomic mass is 10.00. The number of amides is 3. The SMILES string of the molecule is CN(C)CC(NC(=O)N1CC(C(N)=NC(=O)c2ccc(F)cc2F)=C(N)C1(C)C)c1ccccc1. The minimum atomic E-state index is -1.05. The van der Waals surface area contributed by atoms with Gasteiger partial charge in [0.25, 0.3) is 5.91 Å². The summed E-state index contributed by atoms with van der Waals surface area (Å²) in [6.07, 6.45) is 0. The lowest BCUT2D eigenvalue weighted by Gasteiger charge is -2.35. The second-order valence-corrected chi connectivity index (χ2v) is 9.14. The van der Waals surface area contributed by atoms with Gasteiger partial charge in [0.05, 0.1) is 23.7 Å². The molecule has 0 saturated heterocycles. The van der Waals surface area contributed by atoms with E-state index in [0.29, 0.717) is 18.2 Å². The monoisotopic (exact) mass is 484 g/mol. The molecule has 0 aromatic heterocycles. The summed E-state index contributed by atoms with van der Waals surface area (Å²) in [5.74, 6) is -3.07. The van der Waals surface area contributed by atoms with Crippen LogP contribution in [0.1, 0.15) is 35.8 Å². The molecule has 1 aliphatic rings. The highest BCUT2D eigenvalue weighted by atomic mass is 19.1. The molecule has 3 rings (SSSR count). The highest BCUT2D eigenvalue weighted by molar-refractivity contribution is 6.09. The Kier molecular flexibility index (Phi) is 7.54. The number of nitrogens with zero attached hydrogens (tertiary/aromatic N) is 3. The number of rotatable bonds is 6. The molecule has 2 aromatic rings. The van der Waals surface area contributed by atoms with Gasteiger partial charge in [-0.1, -0.05) is 30.3 Å². The second kappa shape index (κ2) is 10.2. The van der Waals surface area contributed by atoms with Crippen molar-refractivity contribution in [3.05, 3.63) is 82.6 Å². The number of benzene rings is 2. The number of amidine groups is 1. The molecule has 3 amide bonds. The fraction of sp³-hybridized carbons (Fsp3) is 0.320. The molecule has 8 nitrogen and oxygen atoms in total. The number of aliphatic imine (C=N–C) groups is 1. The van der Waals surface area contributed by atoms with Crippen LogP contribution in [0.15, 0.2) is 64.8 Å². The number of hydrogen-bond donors (Lipinski definition) is 3. The first-order valence-corrected chi connectivity index (χ1v) is 11.0. The van der Waals surface area contributed by atoms with Crippen molar-refractivity contribution < 1.29 is 18.4 Å². The number of halogens is 2. The summed E-state index contributed by atoms with van der Waals surface area (Å²) >= 11 is 0. The molecule has 1 heterocycles. The molecule has 0 spiro atoms. The van der Waals surface area contributed by atoms with Crippen molar-refractivity contribution >= 4 is 17.8 Å². The van der Waals surface area contributed by atoms with E-state index < -0.39 is 28.6 Å². The lowest BCUT2D eigenvalue weighted by molar-refractivity contribution is 0.0999. The highest BCUT2D eigenvalue weighted by Gasteiger charge is 2.42. The van der Waals surface area contributed by atoms with E-state index >= 15 is 0 Å². The van der Waals surface area contributed by atoms with Crippen molar-refractivity contribution in [2.45, 2.75) is 25.4 Å². The predicted molar refractivity (Wildman–Crippen MR) is 131 cm³/mol. The van der Waals surface area contributed by atoms with Gasteiger partial charge in [0.15, 0.2) is 0 Å². The number of nitrogens with one attached hydrogen (secondary N) is 1. The average Bonchev–Trinajstić information content (AvgIpc) is 3.02. The smallest absolute Gasteiger partial charge is 0.318 e. The Morgan fingerprint density at radius 1 is 1.17 bits per heavy atom. The maximum absolute atomic E-state index is 14.0. The van der Waals surface area contributed by atoms with Crippen molar-refractivity contribution in [1.29, 1.82) is 0 Å². The Balaban J connectivity index is 1.82. The molecule has 2 aromatic carbocycles. The van der Waals surface area contributed by atoms with E-state index in [4.69, 9.17) is 11.5 Å². The Morgan fingerprint density at radius 2 is 1.83 bits per heavy atom. The number of carbonyl (C=O) groups is 2. The summed E-state index contributed by atoms with van der Waals surface area (Å²) in [6.45, 7) is 4.09. The first-order chi connectivity index (χ1) is 16.4. The van der Waals surface area contributed by atoms with Crippen LogP contribution in [0.25, 0.3) is 0 Å². The third-order valence-electron chi connectivity index (χ3n) is 5.96. The van der Waals surface area contributed by atoms with Crippen LogP contribution in [0.5, 0.6) is 0 Å². The van der Waals surface area contributed by atoms with E-state index in [-0.39, 0.29) is 30.2 Å². The maximum Gasteiger partial charge on any atom is 0.318 e. The van der Waals surface area contributed by atoms with Gasteiger partial charge in [-0.15, -0.1) is 0 Å². The zero-order chi connectivity index (χ0) is 25.9. The molecule has 0 radical (unpaired) electrons. The lowest BCUT2D eigenvalue weighted by Crippen LogP contribution is -2.52. The van der Waals surface area contributed by atoms with Crippen molar-refractivity contribution in [3.63, 3.8) is 0 Å². The van der Waals surface area contributed by atoms with Gasteiger partial charge in [-0.05, 0) is 45.6 Å². The second-order valence-electron chi connectivity index (χ2n) is 9.14. The Morgan fingerprint density at radius 3 is 2.43 bits per heavy atom. The Hall–Kier alpha value is -3.79. The number of likely N-dealkylation sites (N-methyl/N-ethyl adjacent to an activating group) is 1. The Labute approximate surface area is 203 Å². The van der Waals surface area contributed by atoms with E-state index in [2.05, 4.69) is 10.3 Å². The van der Waals surface area contributed by atoms with E-state index in [1.54, 1.807) is 13.8 Å². The topological polar surface area (TPSA) is 117 Å². The molecule has 1 aliphatic heterocycles. The largest absolute Gasteiger partial charge is 0.400 e. The van der Waals surface area contributed by atoms with E-state index in [1.165, 1.54) is 4.90 Å². The molecular formula is C25H30F2N6O2. The van der Waals surface area contributed by atoms with Gasteiger partial charge in [-0.25, -0.2) is 13.6 Å². The van der Waals surface area contributed by atoms with E-state index in [0.717, 1.165) is 17.7 Å². The van der Waals surface area contributed by atoms with Gasteiger partial charge >= 0.3 is 6.03 Å². The summed E-state index contributed by atoms with van der Waals surface area (Å²) < 4.78 is 27.1. The quantitative estimate of drug-likeness (QED) is 0.431. The van der Waals surface area contributed by atoms with Crippen LogP contribution in [0.2, 0.25) is 0 Å². The van der Waals surface area contributed by atoms with Crippen molar-refractivity contribution in [2.75, 3.05) is 27.2 Å². The van der Waals surface area contributed by atoms with Crippen molar-refractivity contribution in [1.82, 2.24) is 15.1 Å². The number of hydrogen-bond acceptors (Lipinski definition) is 4. The van der Waals surface area contributed by atoms with Gasteiger partial charge < -0.3 is 26.6 Å². The summed E-state index contributed by atoms with van der Waals surface area (Å²) in [5, 5.41) is 3.05. The molecule has 0 saturated carbocycles. The van der Waals surface area contributed by atoms with Gasteiger partial charge in [-0.2, -0.15) is 4.99 Å². The van der Waals surface area contributed by atoms with Crippen LogP contribution in [-0.4, -0.2) is 60.3 Å². The average molecular weight is 485 g/mol. The van der Waals surface area contributed by atoms with Crippen molar-refractivity contribution in [2.24, 2.45) is 16.5 Å². The molecule has 35 heavy (non-hydrogen) atoms. The summed E-state index contributed by atoms with van der Waals surface area (Å²) in [7, 11) is 3.83. The normalized spacial score (nSPS) is 16.5. The standard InChI is InChI=1S/C25H30F2N6O2/c1-25(2)21(28)18(22(29)31-23(34)17-11-10-16(26)12-19(17)27)13-33(25)24(35)30-20(14-32(3)4)15-8-6-5-7-9-15/h5-12,20H,13-14,28H2,1-4H3,(H,30,35)(H2,29,31,34). The van der Waals surface area contributed by atoms with E-state index in [1.807, 2.05) is 49.3 Å². The molecule has 0 fully saturated rings. The molecule has 1 unspecified atom stereocenters. The molecule has 1 atom stereocenters.